The fourth-order valence-electron chi connectivity index (χ4n) is 0.729. The van der Waals surface area contributed by atoms with Crippen molar-refractivity contribution in [3.8, 4) is 5.88 Å². The van der Waals surface area contributed by atoms with Crippen LogP contribution in [0.3, 0.4) is 0 Å². The van der Waals surface area contributed by atoms with Gasteiger partial charge in [-0.2, -0.15) is 0 Å². The van der Waals surface area contributed by atoms with Crippen LogP contribution in [-0.2, 0) is 11.2 Å². The van der Waals surface area contributed by atoms with Crippen LogP contribution in [0.2, 0.25) is 0 Å². The van der Waals surface area contributed by atoms with Crippen molar-refractivity contribution in [1.82, 2.24) is 9.97 Å². The number of nitrogens with zero attached hydrogens (tertiary/aromatic N) is 2. The number of rotatable bonds is 3. The van der Waals surface area contributed by atoms with E-state index in [2.05, 4.69) is 9.97 Å². The van der Waals surface area contributed by atoms with Crippen LogP contribution in [0.4, 0.5) is 0 Å². The third kappa shape index (κ3) is 2.51. The fraction of sp³-hybridized carbons (Fsp3) is 0.429. The number of methoxy groups -OCH3 is 1. The first-order chi connectivity index (χ1) is 5.33. The lowest BCUT2D eigenvalue weighted by molar-refractivity contribution is 0.201. The maximum absolute atomic E-state index is 8.92. The normalized spacial score (nSPS) is 9.91. The van der Waals surface area contributed by atoms with E-state index in [-0.39, 0.29) is 5.88 Å². The highest BCUT2D eigenvalue weighted by Gasteiger charge is 1.95. The first-order valence-corrected chi connectivity index (χ1v) is 3.32. The molecule has 0 spiro atoms. The van der Waals surface area contributed by atoms with Gasteiger partial charge in [-0.3, -0.25) is 0 Å². The maximum Gasteiger partial charge on any atom is 0.214 e. The fourth-order valence-corrected chi connectivity index (χ4v) is 0.729. The highest BCUT2D eigenvalue weighted by Crippen LogP contribution is 2.03. The third-order valence-electron chi connectivity index (χ3n) is 1.27. The van der Waals surface area contributed by atoms with Crippen molar-refractivity contribution in [2.24, 2.45) is 0 Å². The molecule has 0 aliphatic rings. The summed E-state index contributed by atoms with van der Waals surface area (Å²) in [6.07, 6.45) is 2.03. The number of aromatic nitrogens is 2. The predicted molar refractivity (Wildman–Crippen MR) is 39.3 cm³/mol. The molecule has 0 aliphatic carbocycles. The summed E-state index contributed by atoms with van der Waals surface area (Å²) in [6, 6.07) is 1.53. The van der Waals surface area contributed by atoms with Crippen molar-refractivity contribution in [3.05, 3.63) is 18.1 Å². The van der Waals surface area contributed by atoms with Crippen LogP contribution < -0.4 is 0 Å². The molecule has 0 amide bonds. The number of ether oxygens (including phenoxy) is 1. The van der Waals surface area contributed by atoms with Crippen molar-refractivity contribution < 1.29 is 9.84 Å². The molecular formula is C7H10N2O2. The van der Waals surface area contributed by atoms with E-state index in [1.54, 1.807) is 7.11 Å². The minimum Gasteiger partial charge on any atom is -0.493 e. The van der Waals surface area contributed by atoms with Crippen molar-refractivity contribution >= 4 is 0 Å². The molecule has 1 heterocycles. The van der Waals surface area contributed by atoms with Gasteiger partial charge < -0.3 is 9.84 Å². The van der Waals surface area contributed by atoms with Crippen LogP contribution in [0, 0.1) is 0 Å². The minimum absolute atomic E-state index is 0.00565. The molecule has 4 nitrogen and oxygen atoms in total. The Morgan fingerprint density at radius 2 is 2.36 bits per heavy atom. The van der Waals surface area contributed by atoms with Crippen LogP contribution in [-0.4, -0.2) is 28.8 Å². The quantitative estimate of drug-likeness (QED) is 0.683. The average Bonchev–Trinajstić information content (AvgIpc) is 2.01. The summed E-state index contributed by atoms with van der Waals surface area (Å²) in [7, 11) is 1.63. The van der Waals surface area contributed by atoms with Crippen LogP contribution in [0.5, 0.6) is 5.88 Å². The summed E-state index contributed by atoms with van der Waals surface area (Å²) in [5, 5.41) is 8.92. The predicted octanol–water partition coefficient (Wildman–Crippen LogP) is 0.371. The van der Waals surface area contributed by atoms with Gasteiger partial charge in [0.15, 0.2) is 0 Å². The van der Waals surface area contributed by atoms with Crippen molar-refractivity contribution in [2.45, 2.75) is 6.42 Å². The van der Waals surface area contributed by atoms with Gasteiger partial charge in [0.25, 0.3) is 0 Å². The molecule has 1 aromatic rings. The Morgan fingerprint density at radius 3 is 3.00 bits per heavy atom. The van der Waals surface area contributed by atoms with Crippen molar-refractivity contribution in [2.75, 3.05) is 13.7 Å². The standard InChI is InChI=1S/C7H10N2O2/c1-11-3-2-6-4-7(10)9-5-8-6/h4-5H,2-3H2,1H3,(H,8,9,10). The first kappa shape index (κ1) is 7.94. The molecule has 0 saturated heterocycles. The summed E-state index contributed by atoms with van der Waals surface area (Å²) in [5.41, 5.74) is 0.791. The van der Waals surface area contributed by atoms with E-state index in [1.807, 2.05) is 0 Å². The highest BCUT2D eigenvalue weighted by atomic mass is 16.5. The van der Waals surface area contributed by atoms with Crippen molar-refractivity contribution in [3.63, 3.8) is 0 Å². The first-order valence-electron chi connectivity index (χ1n) is 3.32. The lowest BCUT2D eigenvalue weighted by Crippen LogP contribution is -1.97. The van der Waals surface area contributed by atoms with Gasteiger partial charge in [0, 0.05) is 25.3 Å². The molecule has 0 atom stereocenters. The largest absolute Gasteiger partial charge is 0.493 e. The van der Waals surface area contributed by atoms with Gasteiger partial charge in [-0.25, -0.2) is 9.97 Å². The number of hydrogen-bond donors (Lipinski definition) is 1. The molecule has 1 aromatic heterocycles. The smallest absolute Gasteiger partial charge is 0.214 e. The number of hydrogen-bond acceptors (Lipinski definition) is 4. The van der Waals surface area contributed by atoms with Gasteiger partial charge in [0.05, 0.1) is 6.61 Å². The van der Waals surface area contributed by atoms with Gasteiger partial charge in [0.2, 0.25) is 5.88 Å². The highest BCUT2D eigenvalue weighted by molar-refractivity contribution is 5.11. The summed E-state index contributed by atoms with van der Waals surface area (Å²) < 4.78 is 4.84. The second-order valence-corrected chi connectivity index (χ2v) is 2.11. The molecule has 11 heavy (non-hydrogen) atoms. The topological polar surface area (TPSA) is 55.2 Å². The Balaban J connectivity index is 2.56. The van der Waals surface area contributed by atoms with Gasteiger partial charge in [-0.15, -0.1) is 0 Å². The van der Waals surface area contributed by atoms with Gasteiger partial charge in [-0.05, 0) is 0 Å². The van der Waals surface area contributed by atoms with E-state index in [9.17, 15) is 0 Å². The second-order valence-electron chi connectivity index (χ2n) is 2.11. The van der Waals surface area contributed by atoms with Crippen molar-refractivity contribution in [1.29, 1.82) is 0 Å². The van der Waals surface area contributed by atoms with E-state index < -0.39 is 0 Å². The van der Waals surface area contributed by atoms with Crippen LogP contribution >= 0.6 is 0 Å². The molecule has 1 N–H and O–H groups in total. The number of aromatic hydroxyl groups is 1. The zero-order chi connectivity index (χ0) is 8.10. The molecule has 0 aromatic carbocycles. The minimum atomic E-state index is 0.00565. The molecule has 1 rings (SSSR count). The molecule has 4 heteroatoms. The summed E-state index contributed by atoms with van der Waals surface area (Å²) >= 11 is 0. The van der Waals surface area contributed by atoms with E-state index in [0.29, 0.717) is 13.0 Å². The Labute approximate surface area is 64.9 Å². The molecule has 60 valence electrons. The summed E-state index contributed by atoms with van der Waals surface area (Å²) in [6.45, 7) is 0.608. The van der Waals surface area contributed by atoms with Crippen LogP contribution in [0.1, 0.15) is 5.69 Å². The van der Waals surface area contributed by atoms with E-state index >= 15 is 0 Å². The van der Waals surface area contributed by atoms with Gasteiger partial charge in [-0.1, -0.05) is 0 Å². The zero-order valence-corrected chi connectivity index (χ0v) is 6.32. The third-order valence-corrected chi connectivity index (χ3v) is 1.27. The van der Waals surface area contributed by atoms with Crippen LogP contribution in [0.15, 0.2) is 12.4 Å². The van der Waals surface area contributed by atoms with Gasteiger partial charge in [0.1, 0.15) is 6.33 Å². The van der Waals surface area contributed by atoms with E-state index in [1.165, 1.54) is 12.4 Å². The Bertz CT molecular complexity index is 227. The Morgan fingerprint density at radius 1 is 1.55 bits per heavy atom. The van der Waals surface area contributed by atoms with Gasteiger partial charge >= 0.3 is 0 Å². The molecule has 0 saturated carbocycles. The molecule has 0 fully saturated rings. The maximum atomic E-state index is 8.92. The summed E-state index contributed by atoms with van der Waals surface area (Å²) in [4.78, 5) is 7.48. The van der Waals surface area contributed by atoms with E-state index in [0.717, 1.165) is 5.69 Å². The molecule has 0 bridgehead atoms. The lowest BCUT2D eigenvalue weighted by atomic mass is 10.3. The van der Waals surface area contributed by atoms with E-state index in [4.69, 9.17) is 9.84 Å². The lowest BCUT2D eigenvalue weighted by Gasteiger charge is -1.97. The molecule has 0 unspecified atom stereocenters. The van der Waals surface area contributed by atoms with Crippen LogP contribution in [0.25, 0.3) is 0 Å². The Hall–Kier alpha value is -1.16. The monoisotopic (exact) mass is 154 g/mol. The second kappa shape index (κ2) is 3.88. The SMILES string of the molecule is COCCc1cc(O)ncn1. The zero-order valence-electron chi connectivity index (χ0n) is 6.32. The molecular weight excluding hydrogens is 144 g/mol. The Kier molecular flexibility index (Phi) is 2.80. The average molecular weight is 154 g/mol. The molecule has 0 radical (unpaired) electrons. The molecule has 0 aliphatic heterocycles. The summed E-state index contributed by atoms with van der Waals surface area (Å²) in [5.74, 6) is 0.00565.